The smallest absolute Gasteiger partial charge is 0.315 e. The summed E-state index contributed by atoms with van der Waals surface area (Å²) in [7, 11) is 1.52. The van der Waals surface area contributed by atoms with Crippen molar-refractivity contribution in [2.24, 2.45) is 0 Å². The van der Waals surface area contributed by atoms with E-state index >= 15 is 0 Å². The highest BCUT2D eigenvalue weighted by Gasteiger charge is 2.26. The molecular weight excluding hydrogens is 310 g/mol. The number of carbonyl (C=O) groups excluding carboxylic acids is 2. The minimum atomic E-state index is -0.562. The highest BCUT2D eigenvalue weighted by molar-refractivity contribution is 6.32. The summed E-state index contributed by atoms with van der Waals surface area (Å²) in [6, 6.07) is 2.56. The van der Waals surface area contributed by atoms with Crippen LogP contribution in [0.5, 0.6) is 11.5 Å². The molecule has 1 fully saturated rings. The molecule has 3 N–H and O–H groups in total. The lowest BCUT2D eigenvalue weighted by Gasteiger charge is -2.14. The average Bonchev–Trinajstić information content (AvgIpc) is 2.93. The Bertz CT molecular complexity index is 579. The van der Waals surface area contributed by atoms with Gasteiger partial charge in [0.25, 0.3) is 0 Å². The third-order valence-electron chi connectivity index (χ3n) is 3.13. The first-order chi connectivity index (χ1) is 10.5. The second-order valence-electron chi connectivity index (χ2n) is 4.67. The molecule has 1 unspecified atom stereocenters. The van der Waals surface area contributed by atoms with Crippen molar-refractivity contribution in [2.75, 3.05) is 20.3 Å². The first-order valence-corrected chi connectivity index (χ1v) is 7.24. The van der Waals surface area contributed by atoms with E-state index in [2.05, 4.69) is 16.0 Å². The molecule has 0 radical (unpaired) electrons. The van der Waals surface area contributed by atoms with Crippen LogP contribution < -0.4 is 25.4 Å². The number of ether oxygens (including phenoxy) is 2. The van der Waals surface area contributed by atoms with E-state index < -0.39 is 6.04 Å². The van der Waals surface area contributed by atoms with Crippen molar-refractivity contribution in [3.8, 4) is 11.5 Å². The van der Waals surface area contributed by atoms with Crippen LogP contribution in [-0.4, -0.2) is 38.2 Å². The Morgan fingerprint density at radius 2 is 2.27 bits per heavy atom. The Labute approximate surface area is 133 Å². The van der Waals surface area contributed by atoms with Gasteiger partial charge in [0, 0.05) is 13.1 Å². The van der Waals surface area contributed by atoms with Gasteiger partial charge in [0.1, 0.15) is 6.04 Å². The van der Waals surface area contributed by atoms with E-state index in [0.29, 0.717) is 23.1 Å². The van der Waals surface area contributed by atoms with Crippen LogP contribution in [-0.2, 0) is 11.3 Å². The molecule has 7 nitrogen and oxygen atoms in total. The third-order valence-corrected chi connectivity index (χ3v) is 3.41. The Morgan fingerprint density at radius 1 is 1.50 bits per heavy atom. The number of hydrogen-bond donors (Lipinski definition) is 3. The van der Waals surface area contributed by atoms with Gasteiger partial charge in [-0.2, -0.15) is 0 Å². The lowest BCUT2D eigenvalue weighted by atomic mass is 10.2. The van der Waals surface area contributed by atoms with E-state index in [9.17, 15) is 9.59 Å². The number of halogens is 1. The second kappa shape index (κ2) is 7.22. The molecule has 2 rings (SSSR count). The highest BCUT2D eigenvalue weighted by Crippen LogP contribution is 2.36. The maximum absolute atomic E-state index is 11.9. The molecule has 1 aliphatic heterocycles. The molecular formula is C14H18ClN3O4. The number of amides is 3. The molecule has 1 aliphatic rings. The minimum absolute atomic E-state index is 0.262. The van der Waals surface area contributed by atoms with Crippen molar-refractivity contribution in [3.63, 3.8) is 0 Å². The molecule has 1 aromatic rings. The van der Waals surface area contributed by atoms with Gasteiger partial charge in [-0.15, -0.1) is 0 Å². The van der Waals surface area contributed by atoms with E-state index in [4.69, 9.17) is 21.1 Å². The molecule has 1 saturated heterocycles. The predicted molar refractivity (Wildman–Crippen MR) is 81.3 cm³/mol. The summed E-state index contributed by atoms with van der Waals surface area (Å²) in [6.45, 7) is 2.88. The van der Waals surface area contributed by atoms with Gasteiger partial charge in [-0.1, -0.05) is 11.6 Å². The Balaban J connectivity index is 2.02. The number of methoxy groups -OCH3 is 1. The zero-order valence-electron chi connectivity index (χ0n) is 12.4. The van der Waals surface area contributed by atoms with E-state index in [0.717, 1.165) is 5.56 Å². The topological polar surface area (TPSA) is 88.7 Å². The third kappa shape index (κ3) is 3.73. The largest absolute Gasteiger partial charge is 0.493 e. The fourth-order valence-corrected chi connectivity index (χ4v) is 2.37. The standard InChI is InChI=1S/C14H18ClN3O4/c1-3-22-12-9(15)4-8(5-11(12)21-2)6-16-13(19)10-7-17-14(20)18-10/h4-5,10H,3,6-7H2,1-2H3,(H,16,19)(H2,17,18,20). The van der Waals surface area contributed by atoms with Crippen LogP contribution in [0.4, 0.5) is 4.79 Å². The SMILES string of the molecule is CCOc1c(Cl)cc(CNC(=O)C2CNC(=O)N2)cc1OC. The molecule has 3 amide bonds. The van der Waals surface area contributed by atoms with Crippen molar-refractivity contribution in [1.29, 1.82) is 0 Å². The van der Waals surface area contributed by atoms with Crippen molar-refractivity contribution in [3.05, 3.63) is 22.7 Å². The quantitative estimate of drug-likeness (QED) is 0.728. The van der Waals surface area contributed by atoms with Crippen molar-refractivity contribution < 1.29 is 19.1 Å². The van der Waals surface area contributed by atoms with Crippen LogP contribution in [0.3, 0.4) is 0 Å². The molecule has 0 spiro atoms. The molecule has 1 heterocycles. The van der Waals surface area contributed by atoms with Crippen LogP contribution in [0, 0.1) is 0 Å². The first kappa shape index (κ1) is 16.2. The number of nitrogens with one attached hydrogen (secondary N) is 3. The molecule has 120 valence electrons. The van der Waals surface area contributed by atoms with Crippen LogP contribution in [0.15, 0.2) is 12.1 Å². The summed E-state index contributed by atoms with van der Waals surface area (Å²) < 4.78 is 10.7. The molecule has 1 aromatic carbocycles. The molecule has 8 heteroatoms. The van der Waals surface area contributed by atoms with Crippen LogP contribution in [0.25, 0.3) is 0 Å². The molecule has 1 atom stereocenters. The van der Waals surface area contributed by atoms with Gasteiger partial charge in [-0.05, 0) is 24.6 Å². The fourth-order valence-electron chi connectivity index (χ4n) is 2.09. The predicted octanol–water partition coefficient (Wildman–Crippen LogP) is 1.04. The first-order valence-electron chi connectivity index (χ1n) is 6.86. The average molecular weight is 328 g/mol. The molecule has 22 heavy (non-hydrogen) atoms. The van der Waals surface area contributed by atoms with Gasteiger partial charge in [0.2, 0.25) is 5.91 Å². The van der Waals surface area contributed by atoms with E-state index in [1.54, 1.807) is 12.1 Å². The number of carbonyl (C=O) groups is 2. The van der Waals surface area contributed by atoms with Gasteiger partial charge in [-0.3, -0.25) is 4.79 Å². The van der Waals surface area contributed by atoms with Crippen molar-refractivity contribution >= 4 is 23.5 Å². The van der Waals surface area contributed by atoms with Crippen LogP contribution >= 0.6 is 11.6 Å². The summed E-state index contributed by atoms with van der Waals surface area (Å²) in [6.07, 6.45) is 0. The number of hydrogen-bond acceptors (Lipinski definition) is 4. The van der Waals surface area contributed by atoms with Gasteiger partial charge in [0.15, 0.2) is 11.5 Å². The van der Waals surface area contributed by atoms with E-state index in [1.807, 2.05) is 6.92 Å². The minimum Gasteiger partial charge on any atom is -0.493 e. The van der Waals surface area contributed by atoms with Crippen molar-refractivity contribution in [2.45, 2.75) is 19.5 Å². The Morgan fingerprint density at radius 3 is 2.86 bits per heavy atom. The van der Waals surface area contributed by atoms with Gasteiger partial charge < -0.3 is 25.4 Å². The summed E-state index contributed by atoms with van der Waals surface area (Å²) in [4.78, 5) is 22.9. The number of benzene rings is 1. The summed E-state index contributed by atoms with van der Waals surface area (Å²) in [5, 5.41) is 8.21. The van der Waals surface area contributed by atoms with Gasteiger partial charge in [0.05, 0.1) is 18.7 Å². The van der Waals surface area contributed by atoms with E-state index in [1.165, 1.54) is 7.11 Å². The van der Waals surface area contributed by atoms with E-state index in [-0.39, 0.29) is 25.0 Å². The summed E-state index contributed by atoms with van der Waals surface area (Å²) in [5.74, 6) is 0.728. The fraction of sp³-hybridized carbons (Fsp3) is 0.429. The summed E-state index contributed by atoms with van der Waals surface area (Å²) in [5.41, 5.74) is 0.774. The van der Waals surface area contributed by atoms with Crippen molar-refractivity contribution in [1.82, 2.24) is 16.0 Å². The molecule has 0 saturated carbocycles. The maximum atomic E-state index is 11.9. The highest BCUT2D eigenvalue weighted by atomic mass is 35.5. The lowest BCUT2D eigenvalue weighted by Crippen LogP contribution is -2.42. The summed E-state index contributed by atoms with van der Waals surface area (Å²) >= 11 is 6.17. The number of rotatable bonds is 6. The zero-order valence-corrected chi connectivity index (χ0v) is 13.1. The Kier molecular flexibility index (Phi) is 5.32. The monoisotopic (exact) mass is 327 g/mol. The van der Waals surface area contributed by atoms with Gasteiger partial charge >= 0.3 is 6.03 Å². The van der Waals surface area contributed by atoms with Gasteiger partial charge in [-0.25, -0.2) is 4.79 Å². The second-order valence-corrected chi connectivity index (χ2v) is 5.07. The van der Waals surface area contributed by atoms with Crippen LogP contribution in [0.2, 0.25) is 5.02 Å². The molecule has 0 aromatic heterocycles. The maximum Gasteiger partial charge on any atom is 0.315 e. The molecule has 0 bridgehead atoms. The zero-order chi connectivity index (χ0) is 16.1. The molecule has 0 aliphatic carbocycles. The van der Waals surface area contributed by atoms with Crippen LogP contribution in [0.1, 0.15) is 12.5 Å². The normalized spacial score (nSPS) is 16.7. The Hall–Kier alpha value is -2.15. The number of urea groups is 1. The lowest BCUT2D eigenvalue weighted by molar-refractivity contribution is -0.122.